The first-order valence-corrected chi connectivity index (χ1v) is 7.30. The van der Waals surface area contributed by atoms with Gasteiger partial charge in [-0.1, -0.05) is 25.4 Å². The minimum Gasteiger partial charge on any atom is -0.384 e. The molecular weight excluding hydrogens is 248 g/mol. The van der Waals surface area contributed by atoms with E-state index in [2.05, 4.69) is 18.9 Å². The van der Waals surface area contributed by atoms with Crippen LogP contribution >= 0.6 is 11.6 Å². The number of nitrogens with zero attached hydrogens (tertiary/aromatic N) is 2. The van der Waals surface area contributed by atoms with Gasteiger partial charge < -0.3 is 5.11 Å². The van der Waals surface area contributed by atoms with Crippen molar-refractivity contribution in [3.8, 4) is 0 Å². The zero-order chi connectivity index (χ0) is 13.3. The Labute approximate surface area is 114 Å². The first-order valence-electron chi connectivity index (χ1n) is 6.92. The van der Waals surface area contributed by atoms with Gasteiger partial charge in [-0.15, -0.1) is 0 Å². The Kier molecular flexibility index (Phi) is 4.02. The normalized spacial score (nSPS) is 28.9. The van der Waals surface area contributed by atoms with Crippen LogP contribution in [-0.2, 0) is 12.1 Å². The Morgan fingerprint density at radius 1 is 1.61 bits per heavy atom. The van der Waals surface area contributed by atoms with E-state index in [1.54, 1.807) is 6.20 Å². The fourth-order valence-electron chi connectivity index (χ4n) is 3.14. The van der Waals surface area contributed by atoms with Crippen molar-refractivity contribution in [2.24, 2.45) is 11.8 Å². The van der Waals surface area contributed by atoms with Gasteiger partial charge in [0.25, 0.3) is 0 Å². The van der Waals surface area contributed by atoms with Crippen LogP contribution < -0.4 is 0 Å². The molecule has 1 fully saturated rings. The van der Waals surface area contributed by atoms with E-state index in [0.29, 0.717) is 16.9 Å². The molecule has 1 aliphatic rings. The standard InChI is InChI=1S/C14H23ClN2O/c1-4-17-13(12(15)9-16-17)14(18)7-5-6-11(8-14)10(2)3/h9-11,18H,4-8H2,1-3H3. The summed E-state index contributed by atoms with van der Waals surface area (Å²) in [6.07, 6.45) is 5.51. The highest BCUT2D eigenvalue weighted by Crippen LogP contribution is 2.44. The molecule has 1 aromatic rings. The van der Waals surface area contributed by atoms with E-state index in [1.807, 2.05) is 11.6 Å². The monoisotopic (exact) mass is 270 g/mol. The molecule has 2 rings (SSSR count). The smallest absolute Gasteiger partial charge is 0.108 e. The van der Waals surface area contributed by atoms with Gasteiger partial charge in [0.05, 0.1) is 16.9 Å². The molecule has 0 aromatic carbocycles. The lowest BCUT2D eigenvalue weighted by atomic mass is 9.72. The van der Waals surface area contributed by atoms with E-state index in [1.165, 1.54) is 6.42 Å². The Morgan fingerprint density at radius 3 is 2.94 bits per heavy atom. The predicted molar refractivity (Wildman–Crippen MR) is 73.6 cm³/mol. The highest BCUT2D eigenvalue weighted by Gasteiger charge is 2.40. The fourth-order valence-corrected chi connectivity index (χ4v) is 3.46. The molecule has 4 heteroatoms. The first kappa shape index (κ1) is 13.9. The molecule has 102 valence electrons. The Morgan fingerprint density at radius 2 is 2.33 bits per heavy atom. The van der Waals surface area contributed by atoms with Gasteiger partial charge in [-0.05, 0) is 44.4 Å². The molecule has 2 unspecified atom stereocenters. The second-order valence-electron chi connectivity index (χ2n) is 5.79. The molecule has 0 radical (unpaired) electrons. The van der Waals surface area contributed by atoms with Crippen molar-refractivity contribution in [3.05, 3.63) is 16.9 Å². The van der Waals surface area contributed by atoms with E-state index in [-0.39, 0.29) is 0 Å². The van der Waals surface area contributed by atoms with Crippen molar-refractivity contribution in [2.45, 2.75) is 58.6 Å². The summed E-state index contributed by atoms with van der Waals surface area (Å²) in [4.78, 5) is 0. The van der Waals surface area contributed by atoms with Crippen LogP contribution in [0.5, 0.6) is 0 Å². The lowest BCUT2D eigenvalue weighted by Crippen LogP contribution is -2.36. The highest BCUT2D eigenvalue weighted by atomic mass is 35.5. The van der Waals surface area contributed by atoms with E-state index in [4.69, 9.17) is 11.6 Å². The number of aliphatic hydroxyl groups is 1. The molecule has 3 nitrogen and oxygen atoms in total. The van der Waals surface area contributed by atoms with Crippen LogP contribution in [0, 0.1) is 11.8 Å². The van der Waals surface area contributed by atoms with Gasteiger partial charge in [0, 0.05) is 6.54 Å². The second-order valence-corrected chi connectivity index (χ2v) is 6.20. The number of aromatic nitrogens is 2. The zero-order valence-corrected chi connectivity index (χ0v) is 12.2. The van der Waals surface area contributed by atoms with E-state index < -0.39 is 5.60 Å². The van der Waals surface area contributed by atoms with E-state index in [9.17, 15) is 5.11 Å². The molecular formula is C14H23ClN2O. The average Bonchev–Trinajstić information content (AvgIpc) is 2.71. The number of halogens is 1. The Bertz CT molecular complexity index is 416. The molecule has 1 N–H and O–H groups in total. The van der Waals surface area contributed by atoms with Crippen LogP contribution in [0.25, 0.3) is 0 Å². The molecule has 1 aliphatic carbocycles. The summed E-state index contributed by atoms with van der Waals surface area (Å²) in [7, 11) is 0. The summed E-state index contributed by atoms with van der Waals surface area (Å²) in [5.41, 5.74) is 0.0218. The van der Waals surface area contributed by atoms with Gasteiger partial charge in [0.2, 0.25) is 0 Å². The Balaban J connectivity index is 2.32. The largest absolute Gasteiger partial charge is 0.384 e. The molecule has 2 atom stereocenters. The molecule has 0 saturated heterocycles. The maximum atomic E-state index is 11.0. The van der Waals surface area contributed by atoms with Gasteiger partial charge in [-0.2, -0.15) is 5.10 Å². The van der Waals surface area contributed by atoms with E-state index in [0.717, 1.165) is 31.5 Å². The Hall–Kier alpha value is -0.540. The lowest BCUT2D eigenvalue weighted by Gasteiger charge is -2.39. The van der Waals surface area contributed by atoms with Crippen LogP contribution in [0.3, 0.4) is 0 Å². The number of rotatable bonds is 3. The van der Waals surface area contributed by atoms with Gasteiger partial charge in [-0.3, -0.25) is 4.68 Å². The molecule has 0 spiro atoms. The molecule has 0 amide bonds. The third-order valence-corrected chi connectivity index (χ3v) is 4.52. The molecule has 0 aliphatic heterocycles. The van der Waals surface area contributed by atoms with Gasteiger partial charge in [0.1, 0.15) is 5.60 Å². The highest BCUT2D eigenvalue weighted by molar-refractivity contribution is 6.31. The average molecular weight is 271 g/mol. The summed E-state index contributed by atoms with van der Waals surface area (Å²) >= 11 is 6.23. The number of hydrogen-bond acceptors (Lipinski definition) is 2. The third-order valence-electron chi connectivity index (χ3n) is 4.24. The number of aryl methyl sites for hydroxylation is 1. The fraction of sp³-hybridized carbons (Fsp3) is 0.786. The maximum absolute atomic E-state index is 11.0. The number of hydrogen-bond donors (Lipinski definition) is 1. The van der Waals surface area contributed by atoms with Gasteiger partial charge >= 0.3 is 0 Å². The van der Waals surface area contributed by atoms with Crippen molar-refractivity contribution in [3.63, 3.8) is 0 Å². The van der Waals surface area contributed by atoms with Crippen LogP contribution in [0.4, 0.5) is 0 Å². The van der Waals surface area contributed by atoms with Crippen molar-refractivity contribution < 1.29 is 5.11 Å². The SMILES string of the molecule is CCn1ncc(Cl)c1C1(O)CCCC(C(C)C)C1. The maximum Gasteiger partial charge on any atom is 0.108 e. The van der Waals surface area contributed by atoms with Crippen molar-refractivity contribution >= 4 is 11.6 Å². The second kappa shape index (κ2) is 5.22. The van der Waals surface area contributed by atoms with Crippen LogP contribution in [0.15, 0.2) is 6.20 Å². The summed E-state index contributed by atoms with van der Waals surface area (Å²) in [6.45, 7) is 7.24. The van der Waals surface area contributed by atoms with Crippen molar-refractivity contribution in [2.75, 3.05) is 0 Å². The molecule has 1 saturated carbocycles. The summed E-state index contributed by atoms with van der Waals surface area (Å²) in [6, 6.07) is 0. The zero-order valence-electron chi connectivity index (χ0n) is 11.5. The summed E-state index contributed by atoms with van der Waals surface area (Å²) in [5.74, 6) is 1.17. The van der Waals surface area contributed by atoms with Gasteiger partial charge in [0.15, 0.2) is 0 Å². The summed E-state index contributed by atoms with van der Waals surface area (Å²) < 4.78 is 1.84. The van der Waals surface area contributed by atoms with Crippen molar-refractivity contribution in [1.29, 1.82) is 0 Å². The molecule has 1 aromatic heterocycles. The van der Waals surface area contributed by atoms with Crippen molar-refractivity contribution in [1.82, 2.24) is 9.78 Å². The molecule has 0 bridgehead atoms. The predicted octanol–water partition coefficient (Wildman–Crippen LogP) is 3.59. The molecule has 18 heavy (non-hydrogen) atoms. The minimum absolute atomic E-state index is 0.569. The quantitative estimate of drug-likeness (QED) is 0.911. The van der Waals surface area contributed by atoms with Crippen LogP contribution in [-0.4, -0.2) is 14.9 Å². The summed E-state index contributed by atoms with van der Waals surface area (Å²) in [5, 5.41) is 15.8. The lowest BCUT2D eigenvalue weighted by molar-refractivity contribution is -0.0363. The van der Waals surface area contributed by atoms with Crippen LogP contribution in [0.2, 0.25) is 5.02 Å². The first-order chi connectivity index (χ1) is 8.48. The topological polar surface area (TPSA) is 38.0 Å². The van der Waals surface area contributed by atoms with Gasteiger partial charge in [-0.25, -0.2) is 0 Å². The third kappa shape index (κ3) is 2.43. The minimum atomic E-state index is -0.795. The van der Waals surface area contributed by atoms with E-state index >= 15 is 0 Å². The molecule has 1 heterocycles. The van der Waals surface area contributed by atoms with Crippen LogP contribution in [0.1, 0.15) is 52.1 Å².